The molecule has 0 amide bonds. The summed E-state index contributed by atoms with van der Waals surface area (Å²) in [5.41, 5.74) is 0.454. The van der Waals surface area contributed by atoms with Crippen molar-refractivity contribution in [1.82, 2.24) is 29.8 Å². The Hall–Kier alpha value is -2.68. The zero-order valence-electron chi connectivity index (χ0n) is 10.9. The molecule has 1 aromatic carbocycles. The predicted molar refractivity (Wildman–Crippen MR) is 74.4 cm³/mol. The largest absolute Gasteiger partial charge is 0.508 e. The van der Waals surface area contributed by atoms with E-state index in [0.29, 0.717) is 10.8 Å². The lowest BCUT2D eigenvalue weighted by atomic mass is 10.3. The summed E-state index contributed by atoms with van der Waals surface area (Å²) in [4.78, 5) is 16.0. The summed E-state index contributed by atoms with van der Waals surface area (Å²) in [5, 5.41) is 21.4. The molecule has 0 saturated heterocycles. The van der Waals surface area contributed by atoms with E-state index in [-0.39, 0.29) is 16.3 Å². The third-order valence-electron chi connectivity index (χ3n) is 2.71. The molecular formula is C12H10N6O2S. The zero-order chi connectivity index (χ0) is 14.8. The van der Waals surface area contributed by atoms with Crippen LogP contribution in [0.15, 0.2) is 51.6 Å². The molecule has 0 radical (unpaired) electrons. The first-order valence-corrected chi connectivity index (χ1v) is 6.74. The number of phenolic OH excluding ortho intramolecular Hbond substituents is 1. The van der Waals surface area contributed by atoms with Gasteiger partial charge in [0.2, 0.25) is 5.16 Å². The SMILES string of the molecule is Cn1ccnc(Sc2nnnn2-c2ccc(O)cc2)c1=O. The number of tetrazole rings is 1. The molecule has 0 saturated carbocycles. The molecule has 0 bridgehead atoms. The second-order valence-electron chi connectivity index (χ2n) is 4.14. The van der Waals surface area contributed by atoms with Gasteiger partial charge in [-0.05, 0) is 46.5 Å². The second-order valence-corrected chi connectivity index (χ2v) is 5.10. The monoisotopic (exact) mass is 302 g/mol. The minimum absolute atomic E-state index is 0.152. The summed E-state index contributed by atoms with van der Waals surface area (Å²) >= 11 is 1.08. The van der Waals surface area contributed by atoms with E-state index < -0.39 is 0 Å². The standard InChI is InChI=1S/C12H10N6O2S/c1-17-7-6-13-10(11(17)20)21-12-14-15-16-18(12)8-2-4-9(19)5-3-8/h2-7,19H,1H3. The number of aryl methyl sites for hydroxylation is 1. The maximum Gasteiger partial charge on any atom is 0.283 e. The van der Waals surface area contributed by atoms with Crippen LogP contribution in [-0.4, -0.2) is 34.9 Å². The van der Waals surface area contributed by atoms with Crippen molar-refractivity contribution in [2.75, 3.05) is 0 Å². The minimum Gasteiger partial charge on any atom is -0.508 e. The third-order valence-corrected chi connectivity index (χ3v) is 3.62. The molecule has 106 valence electrons. The van der Waals surface area contributed by atoms with Gasteiger partial charge >= 0.3 is 0 Å². The Labute approximate surface area is 123 Å². The summed E-state index contributed by atoms with van der Waals surface area (Å²) in [5.74, 6) is 0.152. The van der Waals surface area contributed by atoms with Crippen molar-refractivity contribution in [2.45, 2.75) is 10.2 Å². The van der Waals surface area contributed by atoms with Crippen LogP contribution in [0.2, 0.25) is 0 Å². The van der Waals surface area contributed by atoms with Crippen molar-refractivity contribution in [1.29, 1.82) is 0 Å². The molecule has 21 heavy (non-hydrogen) atoms. The highest BCUT2D eigenvalue weighted by Gasteiger charge is 2.13. The van der Waals surface area contributed by atoms with Crippen molar-refractivity contribution in [2.24, 2.45) is 7.05 Å². The molecule has 0 spiro atoms. The molecule has 9 heteroatoms. The highest BCUT2D eigenvalue weighted by Crippen LogP contribution is 2.23. The van der Waals surface area contributed by atoms with Gasteiger partial charge in [-0.2, -0.15) is 4.68 Å². The van der Waals surface area contributed by atoms with Gasteiger partial charge in [0.1, 0.15) is 5.75 Å². The van der Waals surface area contributed by atoms with Crippen LogP contribution in [0.4, 0.5) is 0 Å². The van der Waals surface area contributed by atoms with E-state index >= 15 is 0 Å². The molecular weight excluding hydrogens is 292 g/mol. The number of hydrogen-bond acceptors (Lipinski definition) is 7. The van der Waals surface area contributed by atoms with E-state index in [9.17, 15) is 9.90 Å². The van der Waals surface area contributed by atoms with Gasteiger partial charge in [0.25, 0.3) is 5.56 Å². The second kappa shape index (κ2) is 5.37. The van der Waals surface area contributed by atoms with Crippen molar-refractivity contribution < 1.29 is 5.11 Å². The molecule has 8 nitrogen and oxygen atoms in total. The molecule has 2 aromatic heterocycles. The van der Waals surface area contributed by atoms with Gasteiger partial charge in [-0.15, -0.1) is 5.10 Å². The smallest absolute Gasteiger partial charge is 0.283 e. The number of rotatable bonds is 3. The quantitative estimate of drug-likeness (QED) is 0.757. The number of aromatic nitrogens is 6. The lowest BCUT2D eigenvalue weighted by Crippen LogP contribution is -2.18. The highest BCUT2D eigenvalue weighted by molar-refractivity contribution is 7.99. The maximum atomic E-state index is 12.0. The van der Waals surface area contributed by atoms with E-state index in [1.807, 2.05) is 0 Å². The van der Waals surface area contributed by atoms with Crippen molar-refractivity contribution in [3.63, 3.8) is 0 Å². The topological polar surface area (TPSA) is 98.7 Å². The molecule has 2 heterocycles. The summed E-state index contributed by atoms with van der Waals surface area (Å²) in [6.07, 6.45) is 3.12. The number of nitrogens with zero attached hydrogens (tertiary/aromatic N) is 6. The van der Waals surface area contributed by atoms with Gasteiger partial charge in [-0.3, -0.25) is 4.79 Å². The van der Waals surface area contributed by atoms with E-state index in [0.717, 1.165) is 11.8 Å². The molecule has 0 aliphatic carbocycles. The predicted octanol–water partition coefficient (Wildman–Crippen LogP) is 0.613. The van der Waals surface area contributed by atoms with Crippen LogP contribution >= 0.6 is 11.8 Å². The summed E-state index contributed by atoms with van der Waals surface area (Å²) in [7, 11) is 1.65. The Morgan fingerprint density at radius 3 is 2.76 bits per heavy atom. The Kier molecular flexibility index (Phi) is 3.40. The van der Waals surface area contributed by atoms with Crippen LogP contribution in [0.25, 0.3) is 5.69 Å². The zero-order valence-corrected chi connectivity index (χ0v) is 11.7. The lowest BCUT2D eigenvalue weighted by molar-refractivity contribution is 0.475. The Morgan fingerprint density at radius 2 is 2.00 bits per heavy atom. The minimum atomic E-state index is -0.220. The Bertz CT molecular complexity index is 826. The number of benzene rings is 1. The van der Waals surface area contributed by atoms with E-state index in [4.69, 9.17) is 0 Å². The third kappa shape index (κ3) is 2.63. The first-order valence-electron chi connectivity index (χ1n) is 5.92. The number of hydrogen-bond donors (Lipinski definition) is 1. The Balaban J connectivity index is 1.98. The summed E-state index contributed by atoms with van der Waals surface area (Å²) in [6, 6.07) is 6.41. The summed E-state index contributed by atoms with van der Waals surface area (Å²) in [6.45, 7) is 0. The molecule has 0 fully saturated rings. The lowest BCUT2D eigenvalue weighted by Gasteiger charge is -2.04. The van der Waals surface area contributed by atoms with Gasteiger partial charge in [0.05, 0.1) is 5.69 Å². The molecule has 0 unspecified atom stereocenters. The molecule has 3 aromatic rings. The van der Waals surface area contributed by atoms with E-state index in [1.54, 1.807) is 31.6 Å². The molecule has 0 atom stereocenters. The van der Waals surface area contributed by atoms with Crippen molar-refractivity contribution in [3.8, 4) is 11.4 Å². The van der Waals surface area contributed by atoms with Crippen LogP contribution in [0, 0.1) is 0 Å². The average molecular weight is 302 g/mol. The van der Waals surface area contributed by atoms with Gasteiger partial charge in [0, 0.05) is 19.4 Å². The van der Waals surface area contributed by atoms with Gasteiger partial charge < -0.3 is 9.67 Å². The molecule has 0 aliphatic heterocycles. The number of aromatic hydroxyl groups is 1. The highest BCUT2D eigenvalue weighted by atomic mass is 32.2. The first-order chi connectivity index (χ1) is 10.1. The maximum absolute atomic E-state index is 12.0. The fraction of sp³-hybridized carbons (Fsp3) is 0.0833. The van der Waals surface area contributed by atoms with Gasteiger partial charge in [-0.1, -0.05) is 0 Å². The fourth-order valence-electron chi connectivity index (χ4n) is 1.63. The first kappa shape index (κ1) is 13.3. The van der Waals surface area contributed by atoms with Crippen LogP contribution in [0.3, 0.4) is 0 Å². The molecule has 1 N–H and O–H groups in total. The number of phenols is 1. The summed E-state index contributed by atoms with van der Waals surface area (Å²) < 4.78 is 2.91. The van der Waals surface area contributed by atoms with Gasteiger partial charge in [0.15, 0.2) is 5.03 Å². The van der Waals surface area contributed by atoms with Crippen LogP contribution in [0.5, 0.6) is 5.75 Å². The molecule has 3 rings (SSSR count). The van der Waals surface area contributed by atoms with Crippen molar-refractivity contribution in [3.05, 3.63) is 47.0 Å². The van der Waals surface area contributed by atoms with E-state index in [2.05, 4.69) is 20.5 Å². The molecule has 0 aliphatic rings. The van der Waals surface area contributed by atoms with Crippen LogP contribution in [0.1, 0.15) is 0 Å². The van der Waals surface area contributed by atoms with Crippen LogP contribution in [-0.2, 0) is 7.05 Å². The average Bonchev–Trinajstić information content (AvgIpc) is 2.93. The fourth-order valence-corrected chi connectivity index (χ4v) is 2.45. The van der Waals surface area contributed by atoms with E-state index in [1.165, 1.54) is 21.4 Å². The van der Waals surface area contributed by atoms with Crippen LogP contribution < -0.4 is 5.56 Å². The Morgan fingerprint density at radius 1 is 1.24 bits per heavy atom. The van der Waals surface area contributed by atoms with Gasteiger partial charge in [-0.25, -0.2) is 4.98 Å². The van der Waals surface area contributed by atoms with Crippen molar-refractivity contribution >= 4 is 11.8 Å². The normalized spacial score (nSPS) is 10.7.